The molecule has 0 aliphatic rings. The van der Waals surface area contributed by atoms with Gasteiger partial charge in [-0.3, -0.25) is 9.79 Å². The van der Waals surface area contributed by atoms with Gasteiger partial charge in [-0.25, -0.2) is 17.6 Å². The molecule has 0 radical (unpaired) electrons. The molecule has 0 heterocycles. The summed E-state index contributed by atoms with van der Waals surface area (Å²) in [6.07, 6.45) is 0. The number of benzene rings is 2. The number of aliphatic imine (C=N–C) groups is 1. The van der Waals surface area contributed by atoms with Crippen LogP contribution in [-0.4, -0.2) is 25.5 Å². The number of carbonyl (C=O) groups is 1. The van der Waals surface area contributed by atoms with Crippen LogP contribution in [0.1, 0.15) is 5.56 Å². The number of carbonyl (C=O) groups excluding carboxylic acids is 1. The molecule has 0 aliphatic carbocycles. The first-order valence-electron chi connectivity index (χ1n) is 7.53. The molecule has 3 N–H and O–H groups in total. The number of hydrogen-bond acceptors (Lipinski definition) is 2. The minimum Gasteiger partial charge on any atom is -0.352 e. The van der Waals surface area contributed by atoms with Crippen LogP contribution in [0.4, 0.5) is 23.2 Å². The zero-order valence-electron chi connectivity index (χ0n) is 13.7. The van der Waals surface area contributed by atoms with E-state index in [2.05, 4.69) is 20.9 Å². The molecule has 2 rings (SSSR count). The first-order valence-corrected chi connectivity index (χ1v) is 7.53. The summed E-state index contributed by atoms with van der Waals surface area (Å²) in [5, 5.41) is 7.56. The fourth-order valence-electron chi connectivity index (χ4n) is 2.02. The Morgan fingerprint density at radius 2 is 1.69 bits per heavy atom. The molecule has 2 aromatic rings. The van der Waals surface area contributed by atoms with Gasteiger partial charge in [0.2, 0.25) is 5.91 Å². The highest BCUT2D eigenvalue weighted by atomic mass is 19.2. The van der Waals surface area contributed by atoms with E-state index in [1.54, 1.807) is 18.2 Å². The van der Waals surface area contributed by atoms with Crippen molar-refractivity contribution < 1.29 is 22.4 Å². The topological polar surface area (TPSA) is 65.5 Å². The van der Waals surface area contributed by atoms with Crippen molar-refractivity contribution in [3.8, 4) is 0 Å². The van der Waals surface area contributed by atoms with E-state index in [0.29, 0.717) is 11.6 Å². The van der Waals surface area contributed by atoms with E-state index in [0.717, 1.165) is 6.07 Å². The maximum Gasteiger partial charge on any atom is 0.243 e. The summed E-state index contributed by atoms with van der Waals surface area (Å²) in [7, 11) is 1.45. The molecule has 0 atom stereocenters. The minimum atomic E-state index is -1.67. The second-order valence-electron chi connectivity index (χ2n) is 5.14. The van der Waals surface area contributed by atoms with Crippen LogP contribution in [-0.2, 0) is 11.3 Å². The van der Waals surface area contributed by atoms with Gasteiger partial charge in [-0.05, 0) is 18.2 Å². The SMILES string of the molecule is CN=C(NCC(=O)Nc1ccc(F)c(F)c1F)NCc1ccccc1F. The van der Waals surface area contributed by atoms with Crippen LogP contribution in [0.3, 0.4) is 0 Å². The number of hydrogen-bond donors (Lipinski definition) is 3. The van der Waals surface area contributed by atoms with Crippen LogP contribution >= 0.6 is 0 Å². The van der Waals surface area contributed by atoms with Gasteiger partial charge in [0, 0.05) is 19.2 Å². The molecule has 5 nitrogen and oxygen atoms in total. The van der Waals surface area contributed by atoms with Crippen LogP contribution in [0, 0.1) is 23.3 Å². The zero-order valence-corrected chi connectivity index (χ0v) is 13.7. The third-order valence-corrected chi connectivity index (χ3v) is 3.35. The lowest BCUT2D eigenvalue weighted by Gasteiger charge is -2.13. The van der Waals surface area contributed by atoms with Crippen LogP contribution in [0.2, 0.25) is 0 Å². The van der Waals surface area contributed by atoms with Gasteiger partial charge in [-0.2, -0.15) is 0 Å². The standard InChI is InChI=1S/C17H16F4N4O/c1-22-17(23-8-10-4-2-3-5-11(10)18)24-9-14(26)25-13-7-6-12(19)15(20)16(13)21/h2-7H,8-9H2,1H3,(H,25,26)(H2,22,23,24). The quantitative estimate of drug-likeness (QED) is 0.329. The summed E-state index contributed by atoms with van der Waals surface area (Å²) in [4.78, 5) is 15.7. The number of guanidine groups is 1. The van der Waals surface area contributed by atoms with Crippen LogP contribution in [0.15, 0.2) is 41.4 Å². The highest BCUT2D eigenvalue weighted by Gasteiger charge is 2.15. The van der Waals surface area contributed by atoms with E-state index in [-0.39, 0.29) is 24.9 Å². The smallest absolute Gasteiger partial charge is 0.243 e. The fraction of sp³-hybridized carbons (Fsp3) is 0.176. The van der Waals surface area contributed by atoms with E-state index in [4.69, 9.17) is 0 Å². The van der Waals surface area contributed by atoms with Crippen molar-refractivity contribution in [1.29, 1.82) is 0 Å². The molecule has 26 heavy (non-hydrogen) atoms. The van der Waals surface area contributed by atoms with Gasteiger partial charge in [-0.1, -0.05) is 18.2 Å². The predicted molar refractivity (Wildman–Crippen MR) is 89.5 cm³/mol. The Bertz CT molecular complexity index is 826. The fourth-order valence-corrected chi connectivity index (χ4v) is 2.02. The van der Waals surface area contributed by atoms with E-state index in [1.165, 1.54) is 13.1 Å². The highest BCUT2D eigenvalue weighted by Crippen LogP contribution is 2.19. The van der Waals surface area contributed by atoms with E-state index in [1.807, 2.05) is 0 Å². The van der Waals surface area contributed by atoms with E-state index < -0.39 is 29.0 Å². The molecule has 0 saturated heterocycles. The summed E-state index contributed by atoms with van der Waals surface area (Å²) in [6.45, 7) is -0.193. The molecule has 0 aliphatic heterocycles. The maximum absolute atomic E-state index is 13.5. The summed E-state index contributed by atoms with van der Waals surface area (Å²) in [6, 6.07) is 7.77. The van der Waals surface area contributed by atoms with Crippen molar-refractivity contribution in [2.45, 2.75) is 6.54 Å². The van der Waals surface area contributed by atoms with Gasteiger partial charge in [-0.15, -0.1) is 0 Å². The van der Waals surface area contributed by atoms with Crippen LogP contribution < -0.4 is 16.0 Å². The molecule has 2 aromatic carbocycles. The Morgan fingerprint density at radius 3 is 2.38 bits per heavy atom. The number of rotatable bonds is 5. The van der Waals surface area contributed by atoms with Crippen molar-refractivity contribution in [3.63, 3.8) is 0 Å². The Morgan fingerprint density at radius 1 is 0.962 bits per heavy atom. The summed E-state index contributed by atoms with van der Waals surface area (Å²) in [5.74, 6) is -5.39. The molecular formula is C17H16F4N4O. The molecule has 138 valence electrons. The maximum atomic E-state index is 13.5. The average Bonchev–Trinajstić information content (AvgIpc) is 2.63. The van der Waals surface area contributed by atoms with E-state index in [9.17, 15) is 22.4 Å². The largest absolute Gasteiger partial charge is 0.352 e. The van der Waals surface area contributed by atoms with Gasteiger partial charge in [0.15, 0.2) is 23.4 Å². The molecule has 0 fully saturated rings. The van der Waals surface area contributed by atoms with Crippen molar-refractivity contribution in [2.24, 2.45) is 4.99 Å². The van der Waals surface area contributed by atoms with E-state index >= 15 is 0 Å². The Labute approximate surface area is 147 Å². The van der Waals surface area contributed by atoms with Crippen molar-refractivity contribution in [1.82, 2.24) is 10.6 Å². The average molecular weight is 368 g/mol. The van der Waals surface area contributed by atoms with Gasteiger partial charge in [0.25, 0.3) is 0 Å². The molecule has 0 unspecified atom stereocenters. The molecular weight excluding hydrogens is 352 g/mol. The Balaban J connectivity index is 1.87. The van der Waals surface area contributed by atoms with Gasteiger partial charge in [0.1, 0.15) is 5.82 Å². The first kappa shape index (κ1) is 19.2. The third-order valence-electron chi connectivity index (χ3n) is 3.35. The summed E-state index contributed by atoms with van der Waals surface area (Å²) < 4.78 is 53.0. The molecule has 0 bridgehead atoms. The lowest BCUT2D eigenvalue weighted by atomic mass is 10.2. The number of halogens is 4. The predicted octanol–water partition coefficient (Wildman–Crippen LogP) is 2.55. The number of nitrogens with one attached hydrogen (secondary N) is 3. The molecule has 9 heteroatoms. The molecule has 0 saturated carbocycles. The Kier molecular flexibility index (Phi) is 6.54. The second kappa shape index (κ2) is 8.84. The van der Waals surface area contributed by atoms with Crippen LogP contribution in [0.25, 0.3) is 0 Å². The van der Waals surface area contributed by atoms with Crippen LogP contribution in [0.5, 0.6) is 0 Å². The normalized spacial score (nSPS) is 11.2. The third kappa shape index (κ3) is 4.95. The minimum absolute atomic E-state index is 0.131. The molecule has 1 amide bonds. The Hall–Kier alpha value is -3.10. The van der Waals surface area contributed by atoms with Gasteiger partial charge >= 0.3 is 0 Å². The summed E-state index contributed by atoms with van der Waals surface area (Å²) in [5.41, 5.74) is -0.0752. The van der Waals surface area contributed by atoms with Gasteiger partial charge in [0.05, 0.1) is 12.2 Å². The number of amides is 1. The lowest BCUT2D eigenvalue weighted by Crippen LogP contribution is -2.41. The molecule has 0 aromatic heterocycles. The summed E-state index contributed by atoms with van der Waals surface area (Å²) >= 11 is 0. The molecule has 0 spiro atoms. The monoisotopic (exact) mass is 368 g/mol. The van der Waals surface area contributed by atoms with Crippen molar-refractivity contribution in [2.75, 3.05) is 18.9 Å². The van der Waals surface area contributed by atoms with Crippen molar-refractivity contribution >= 4 is 17.6 Å². The lowest BCUT2D eigenvalue weighted by molar-refractivity contribution is -0.115. The number of anilines is 1. The second-order valence-corrected chi connectivity index (χ2v) is 5.14. The van der Waals surface area contributed by atoms with Crippen molar-refractivity contribution in [3.05, 3.63) is 65.2 Å². The highest BCUT2D eigenvalue weighted by molar-refractivity contribution is 5.95. The first-order chi connectivity index (χ1) is 12.4. The zero-order chi connectivity index (χ0) is 19.1. The number of nitrogens with zero attached hydrogens (tertiary/aromatic N) is 1. The van der Waals surface area contributed by atoms with Gasteiger partial charge < -0.3 is 16.0 Å².